The summed E-state index contributed by atoms with van der Waals surface area (Å²) in [6, 6.07) is 13.7. The van der Waals surface area contributed by atoms with Gasteiger partial charge in [-0.25, -0.2) is 0 Å². The Balaban J connectivity index is 2.26. The molecule has 104 valence electrons. The van der Waals surface area contributed by atoms with Gasteiger partial charge in [-0.3, -0.25) is 9.59 Å². The van der Waals surface area contributed by atoms with E-state index in [2.05, 4.69) is 0 Å². The number of hydrogen-bond donors (Lipinski definition) is 1. The molecular formula is C16H16O4. The van der Waals surface area contributed by atoms with E-state index in [-0.39, 0.29) is 0 Å². The van der Waals surface area contributed by atoms with Crippen molar-refractivity contribution in [3.63, 3.8) is 0 Å². The Hall–Kier alpha value is -2.36. The molecule has 0 amide bonds. The standard InChI is InChI=1S/C16H16O4/c1-16(2,20-15(19)10-14(17)18)13-8-7-11-5-3-4-6-12(11)9-13/h3-9H,10H2,1-2H3,(H,17,18). The zero-order valence-electron chi connectivity index (χ0n) is 11.4. The summed E-state index contributed by atoms with van der Waals surface area (Å²) >= 11 is 0. The van der Waals surface area contributed by atoms with Gasteiger partial charge in [0.15, 0.2) is 0 Å². The van der Waals surface area contributed by atoms with E-state index in [9.17, 15) is 9.59 Å². The third kappa shape index (κ3) is 3.15. The fraction of sp³-hybridized carbons (Fsp3) is 0.250. The van der Waals surface area contributed by atoms with Crippen LogP contribution in [0.2, 0.25) is 0 Å². The van der Waals surface area contributed by atoms with E-state index >= 15 is 0 Å². The molecule has 1 N–H and O–H groups in total. The minimum atomic E-state index is -1.19. The number of ether oxygens (including phenoxy) is 1. The highest BCUT2D eigenvalue weighted by Gasteiger charge is 2.26. The molecule has 4 nitrogen and oxygen atoms in total. The molecule has 0 bridgehead atoms. The zero-order chi connectivity index (χ0) is 14.8. The van der Waals surface area contributed by atoms with E-state index in [0.29, 0.717) is 0 Å². The highest BCUT2D eigenvalue weighted by molar-refractivity contribution is 5.90. The van der Waals surface area contributed by atoms with Gasteiger partial charge in [0.05, 0.1) is 0 Å². The van der Waals surface area contributed by atoms with Crippen molar-refractivity contribution in [3.05, 3.63) is 48.0 Å². The Morgan fingerprint density at radius 3 is 2.40 bits per heavy atom. The Kier molecular flexibility index (Phi) is 3.74. The molecular weight excluding hydrogens is 256 g/mol. The molecule has 0 radical (unpaired) electrons. The summed E-state index contributed by atoms with van der Waals surface area (Å²) in [5, 5.41) is 10.7. The summed E-state index contributed by atoms with van der Waals surface area (Å²) in [5.41, 5.74) is -0.0359. The topological polar surface area (TPSA) is 63.6 Å². The monoisotopic (exact) mass is 272 g/mol. The first-order valence-electron chi connectivity index (χ1n) is 6.31. The first kappa shape index (κ1) is 14.1. The fourth-order valence-electron chi connectivity index (χ4n) is 2.07. The fourth-order valence-corrected chi connectivity index (χ4v) is 2.07. The van der Waals surface area contributed by atoms with E-state index in [1.807, 2.05) is 42.5 Å². The van der Waals surface area contributed by atoms with Gasteiger partial charge in [0, 0.05) is 0 Å². The third-order valence-corrected chi connectivity index (χ3v) is 3.11. The molecule has 0 aliphatic heterocycles. The first-order valence-corrected chi connectivity index (χ1v) is 6.31. The SMILES string of the molecule is CC(C)(OC(=O)CC(=O)O)c1ccc2ccccc2c1. The van der Waals surface area contributed by atoms with Gasteiger partial charge < -0.3 is 9.84 Å². The summed E-state index contributed by atoms with van der Waals surface area (Å²) in [6.45, 7) is 3.49. The first-order chi connectivity index (χ1) is 9.38. The van der Waals surface area contributed by atoms with Crippen LogP contribution in [0.1, 0.15) is 25.8 Å². The van der Waals surface area contributed by atoms with Crippen molar-refractivity contribution in [3.8, 4) is 0 Å². The van der Waals surface area contributed by atoms with Crippen LogP contribution in [0.4, 0.5) is 0 Å². The van der Waals surface area contributed by atoms with E-state index in [0.717, 1.165) is 16.3 Å². The lowest BCUT2D eigenvalue weighted by molar-refractivity contribution is -0.161. The third-order valence-electron chi connectivity index (χ3n) is 3.11. The van der Waals surface area contributed by atoms with Gasteiger partial charge in [-0.15, -0.1) is 0 Å². The molecule has 2 aromatic carbocycles. The number of esters is 1. The lowest BCUT2D eigenvalue weighted by Gasteiger charge is -2.25. The summed E-state index contributed by atoms with van der Waals surface area (Å²) in [4.78, 5) is 22.0. The maximum atomic E-state index is 11.5. The van der Waals surface area contributed by atoms with E-state index in [1.165, 1.54) is 0 Å². The molecule has 0 heterocycles. The number of rotatable bonds is 4. The Labute approximate surface area is 117 Å². The molecule has 0 saturated carbocycles. The smallest absolute Gasteiger partial charge is 0.318 e. The molecule has 0 atom stereocenters. The molecule has 0 spiro atoms. The van der Waals surface area contributed by atoms with Crippen molar-refractivity contribution in [1.82, 2.24) is 0 Å². The van der Waals surface area contributed by atoms with Crippen LogP contribution >= 0.6 is 0 Å². The number of fused-ring (bicyclic) bond motifs is 1. The van der Waals surface area contributed by atoms with Crippen LogP contribution in [0.25, 0.3) is 10.8 Å². The number of aliphatic carboxylic acids is 1. The summed E-state index contributed by atoms with van der Waals surface area (Å²) in [7, 11) is 0. The van der Waals surface area contributed by atoms with Crippen molar-refractivity contribution in [2.45, 2.75) is 25.9 Å². The van der Waals surface area contributed by atoms with Crippen molar-refractivity contribution in [2.75, 3.05) is 0 Å². The van der Waals surface area contributed by atoms with Crippen molar-refractivity contribution >= 4 is 22.7 Å². The predicted molar refractivity (Wildman–Crippen MR) is 75.3 cm³/mol. The van der Waals surface area contributed by atoms with E-state index < -0.39 is 24.0 Å². The molecule has 0 fully saturated rings. The van der Waals surface area contributed by atoms with Crippen LogP contribution in [0.3, 0.4) is 0 Å². The van der Waals surface area contributed by atoms with Gasteiger partial charge in [0.25, 0.3) is 0 Å². The van der Waals surface area contributed by atoms with Crippen molar-refractivity contribution in [1.29, 1.82) is 0 Å². The van der Waals surface area contributed by atoms with Crippen LogP contribution in [0, 0.1) is 0 Å². The van der Waals surface area contributed by atoms with Gasteiger partial charge in [0.2, 0.25) is 0 Å². The number of carbonyl (C=O) groups is 2. The summed E-state index contributed by atoms with van der Waals surface area (Å²) in [5.74, 6) is -1.93. The van der Waals surface area contributed by atoms with Gasteiger partial charge in [-0.1, -0.05) is 36.4 Å². The van der Waals surface area contributed by atoms with Crippen LogP contribution < -0.4 is 0 Å². The van der Waals surface area contributed by atoms with E-state index in [4.69, 9.17) is 9.84 Å². The summed E-state index contributed by atoms with van der Waals surface area (Å²) in [6.07, 6.45) is -0.628. The van der Waals surface area contributed by atoms with Crippen LogP contribution in [0.15, 0.2) is 42.5 Å². The van der Waals surface area contributed by atoms with Crippen molar-refractivity contribution in [2.24, 2.45) is 0 Å². The van der Waals surface area contributed by atoms with Crippen molar-refractivity contribution < 1.29 is 19.4 Å². The van der Waals surface area contributed by atoms with E-state index in [1.54, 1.807) is 13.8 Å². The molecule has 0 aliphatic carbocycles. The van der Waals surface area contributed by atoms with Gasteiger partial charge in [-0.05, 0) is 36.2 Å². The number of hydrogen-bond acceptors (Lipinski definition) is 3. The minimum absolute atomic E-state index is 0.628. The van der Waals surface area contributed by atoms with Crippen LogP contribution in [-0.2, 0) is 19.9 Å². The van der Waals surface area contributed by atoms with Gasteiger partial charge >= 0.3 is 11.9 Å². The maximum absolute atomic E-state index is 11.5. The second-order valence-electron chi connectivity index (χ2n) is 5.12. The lowest BCUT2D eigenvalue weighted by Crippen LogP contribution is -2.26. The quantitative estimate of drug-likeness (QED) is 0.686. The molecule has 2 aromatic rings. The molecule has 0 unspecified atom stereocenters. The minimum Gasteiger partial charge on any atom is -0.481 e. The number of carbonyl (C=O) groups excluding carboxylic acids is 1. The Morgan fingerprint density at radius 1 is 1.10 bits per heavy atom. The van der Waals surface area contributed by atoms with Crippen LogP contribution in [-0.4, -0.2) is 17.0 Å². The zero-order valence-corrected chi connectivity index (χ0v) is 11.4. The second-order valence-corrected chi connectivity index (χ2v) is 5.12. The van der Waals surface area contributed by atoms with Gasteiger partial charge in [-0.2, -0.15) is 0 Å². The summed E-state index contributed by atoms with van der Waals surface area (Å²) < 4.78 is 5.26. The second kappa shape index (κ2) is 5.33. The average Bonchev–Trinajstić information content (AvgIpc) is 2.36. The highest BCUT2D eigenvalue weighted by atomic mass is 16.6. The van der Waals surface area contributed by atoms with Gasteiger partial charge in [0.1, 0.15) is 12.0 Å². The largest absolute Gasteiger partial charge is 0.481 e. The Morgan fingerprint density at radius 2 is 1.75 bits per heavy atom. The molecule has 0 aliphatic rings. The molecule has 0 saturated heterocycles. The molecule has 20 heavy (non-hydrogen) atoms. The average molecular weight is 272 g/mol. The number of carboxylic acids is 1. The highest BCUT2D eigenvalue weighted by Crippen LogP contribution is 2.28. The number of benzene rings is 2. The van der Waals surface area contributed by atoms with Crippen LogP contribution in [0.5, 0.6) is 0 Å². The predicted octanol–water partition coefficient (Wildman–Crippen LogP) is 3.09. The molecule has 4 heteroatoms. The molecule has 0 aromatic heterocycles. The maximum Gasteiger partial charge on any atom is 0.318 e. The molecule has 2 rings (SSSR count). The Bertz CT molecular complexity index is 658. The normalized spacial score (nSPS) is 11.3. The number of carboxylic acid groups (broad SMARTS) is 1. The lowest BCUT2D eigenvalue weighted by atomic mass is 9.95.